The molecule has 0 bridgehead atoms. The quantitative estimate of drug-likeness (QED) is 0.758. The zero-order valence-corrected chi connectivity index (χ0v) is 14.9. The minimum Gasteiger partial charge on any atom is -0.305 e. The van der Waals surface area contributed by atoms with Gasteiger partial charge in [-0.1, -0.05) is 25.1 Å². The van der Waals surface area contributed by atoms with Gasteiger partial charge in [-0.25, -0.2) is 10.0 Å². The van der Waals surface area contributed by atoms with Gasteiger partial charge in [-0.15, -0.1) is 9.89 Å². The lowest BCUT2D eigenvalue weighted by Crippen LogP contribution is -2.51. The maximum atomic E-state index is 6.30. The van der Waals surface area contributed by atoms with Gasteiger partial charge in [0, 0.05) is 23.3 Å². The second-order valence-electron chi connectivity index (χ2n) is 7.20. The topological polar surface area (TPSA) is 56.0 Å². The summed E-state index contributed by atoms with van der Waals surface area (Å²) < 4.78 is 1.66. The predicted octanol–water partition coefficient (Wildman–Crippen LogP) is 2.34. The molecule has 1 fully saturated rings. The average molecular weight is 369 g/mol. The number of fused-ring (bicyclic) bond motifs is 6. The summed E-state index contributed by atoms with van der Waals surface area (Å²) in [7, 11) is 0. The molecule has 2 aromatic rings. The van der Waals surface area contributed by atoms with E-state index in [-0.39, 0.29) is 6.17 Å². The van der Waals surface area contributed by atoms with Crippen molar-refractivity contribution in [2.45, 2.75) is 25.4 Å². The zero-order chi connectivity index (χ0) is 17.4. The number of nitrogens with zero attached hydrogens (tertiary/aromatic N) is 8. The smallest absolute Gasteiger partial charge is 0.173 e. The van der Waals surface area contributed by atoms with Gasteiger partial charge in [0.1, 0.15) is 13.0 Å². The van der Waals surface area contributed by atoms with Crippen LogP contribution in [-0.4, -0.2) is 37.5 Å². The van der Waals surface area contributed by atoms with E-state index in [0.29, 0.717) is 18.5 Å². The highest BCUT2D eigenvalue weighted by atomic mass is 35.5. The molecule has 0 saturated heterocycles. The van der Waals surface area contributed by atoms with E-state index in [1.165, 1.54) is 6.42 Å². The molecule has 3 atom stereocenters. The van der Waals surface area contributed by atoms with Crippen molar-refractivity contribution in [2.75, 3.05) is 16.7 Å². The number of para-hydroxylation sites is 1. The fourth-order valence-corrected chi connectivity index (χ4v) is 4.19. The number of hydrogen-bond acceptors (Lipinski definition) is 7. The molecule has 0 N–H and O–H groups in total. The Bertz CT molecular complexity index is 952. The molecule has 1 aromatic carbocycles. The van der Waals surface area contributed by atoms with Crippen molar-refractivity contribution in [1.29, 1.82) is 0 Å². The van der Waals surface area contributed by atoms with Crippen LogP contribution >= 0.6 is 11.8 Å². The summed E-state index contributed by atoms with van der Waals surface area (Å²) in [5, 5.41) is 12.7. The first kappa shape index (κ1) is 14.4. The van der Waals surface area contributed by atoms with Crippen LogP contribution in [0, 0.1) is 5.92 Å². The van der Waals surface area contributed by atoms with Crippen molar-refractivity contribution in [3.8, 4) is 0 Å². The maximum Gasteiger partial charge on any atom is 0.173 e. The summed E-state index contributed by atoms with van der Waals surface area (Å²) in [4.78, 5) is 8.68. The van der Waals surface area contributed by atoms with Crippen LogP contribution in [0.15, 0.2) is 47.5 Å². The first-order chi connectivity index (χ1) is 12.7. The van der Waals surface area contributed by atoms with Crippen molar-refractivity contribution >= 4 is 23.8 Å². The standard InChI is InChI=1S/C17H17ClN8/c1-11-6-13(11)14-7-24(21-20-14)25-9-19-17-12-4-2-3-5-15(12)23-10-22(18)8-16(23)26(17)25/h2-5,7-9,11,13,17H,6,10H2,1H3. The van der Waals surface area contributed by atoms with Crippen LogP contribution in [0.2, 0.25) is 0 Å². The van der Waals surface area contributed by atoms with Gasteiger partial charge in [0.15, 0.2) is 12.0 Å². The third-order valence-electron chi connectivity index (χ3n) is 5.51. The van der Waals surface area contributed by atoms with Crippen LogP contribution in [0.25, 0.3) is 0 Å². The molecular formula is C17H17ClN8. The van der Waals surface area contributed by atoms with E-state index < -0.39 is 0 Å². The third kappa shape index (κ3) is 1.87. The number of hydrazine groups is 1. The Balaban J connectivity index is 1.42. The van der Waals surface area contributed by atoms with Crippen molar-refractivity contribution < 1.29 is 0 Å². The normalized spacial score (nSPS) is 28.2. The Hall–Kier alpha value is -2.74. The van der Waals surface area contributed by atoms with Crippen LogP contribution in [0.4, 0.5) is 5.69 Å². The lowest BCUT2D eigenvalue weighted by atomic mass is 10.1. The van der Waals surface area contributed by atoms with E-state index >= 15 is 0 Å². The van der Waals surface area contributed by atoms with Gasteiger partial charge < -0.3 is 4.90 Å². The molecule has 132 valence electrons. The minimum absolute atomic E-state index is 0.135. The van der Waals surface area contributed by atoms with Crippen molar-refractivity contribution in [1.82, 2.24) is 24.5 Å². The van der Waals surface area contributed by atoms with E-state index in [9.17, 15) is 0 Å². The largest absolute Gasteiger partial charge is 0.305 e. The average Bonchev–Trinajstić information content (AvgIpc) is 3.05. The Morgan fingerprint density at radius 3 is 2.92 bits per heavy atom. The lowest BCUT2D eigenvalue weighted by molar-refractivity contribution is 0.226. The number of hydrogen-bond donors (Lipinski definition) is 0. The molecule has 0 spiro atoms. The highest BCUT2D eigenvalue weighted by Crippen LogP contribution is 2.47. The number of aromatic nitrogens is 3. The van der Waals surface area contributed by atoms with E-state index in [1.807, 2.05) is 29.6 Å². The first-order valence-electron chi connectivity index (χ1n) is 8.75. The lowest BCUT2D eigenvalue weighted by Gasteiger charge is -2.41. The molecule has 1 saturated carbocycles. The maximum absolute atomic E-state index is 6.30. The monoisotopic (exact) mass is 368 g/mol. The fourth-order valence-electron chi connectivity index (χ4n) is 4.00. The second kappa shape index (κ2) is 4.91. The minimum atomic E-state index is -0.135. The molecule has 1 aromatic heterocycles. The van der Waals surface area contributed by atoms with Crippen LogP contribution in [0.1, 0.15) is 36.7 Å². The fraction of sp³-hybridized carbons (Fsp3) is 0.353. The van der Waals surface area contributed by atoms with Crippen LogP contribution < -0.4 is 10.0 Å². The number of aliphatic imine (C=N–C) groups is 1. The SMILES string of the molecule is CC1CC1c1cn(N2C=NC3c4ccccc4N4CN(Cl)C=C4N32)nn1. The molecule has 8 nitrogen and oxygen atoms in total. The van der Waals surface area contributed by atoms with Gasteiger partial charge >= 0.3 is 0 Å². The van der Waals surface area contributed by atoms with Gasteiger partial charge in [0.05, 0.1) is 23.8 Å². The summed E-state index contributed by atoms with van der Waals surface area (Å²) in [6, 6.07) is 8.30. The number of halogens is 1. The summed E-state index contributed by atoms with van der Waals surface area (Å²) in [5.74, 6) is 2.19. The van der Waals surface area contributed by atoms with Gasteiger partial charge in [0.2, 0.25) is 0 Å². The van der Waals surface area contributed by atoms with E-state index in [0.717, 1.165) is 22.8 Å². The molecule has 4 heterocycles. The second-order valence-corrected chi connectivity index (χ2v) is 7.64. The molecule has 6 rings (SSSR count). The molecule has 0 radical (unpaired) electrons. The van der Waals surface area contributed by atoms with E-state index in [4.69, 9.17) is 16.8 Å². The van der Waals surface area contributed by atoms with Gasteiger partial charge in [-0.2, -0.15) is 5.12 Å². The molecule has 3 unspecified atom stereocenters. The van der Waals surface area contributed by atoms with Gasteiger partial charge in [0.25, 0.3) is 0 Å². The molecule has 26 heavy (non-hydrogen) atoms. The number of anilines is 1. The predicted molar refractivity (Wildman–Crippen MR) is 97.4 cm³/mol. The molecular weight excluding hydrogens is 352 g/mol. The Labute approximate surface area is 155 Å². The molecule has 4 aliphatic rings. The highest BCUT2D eigenvalue weighted by molar-refractivity contribution is 6.14. The third-order valence-corrected chi connectivity index (χ3v) is 5.72. The highest BCUT2D eigenvalue weighted by Gasteiger charge is 2.44. The van der Waals surface area contributed by atoms with Gasteiger partial charge in [-0.05, 0) is 23.6 Å². The van der Waals surface area contributed by atoms with Crippen LogP contribution in [0.3, 0.4) is 0 Å². The zero-order valence-electron chi connectivity index (χ0n) is 14.1. The summed E-state index contributed by atoms with van der Waals surface area (Å²) in [6.45, 7) is 2.84. The molecule has 0 amide bonds. The Morgan fingerprint density at radius 2 is 2.08 bits per heavy atom. The van der Waals surface area contributed by atoms with Crippen molar-refractivity contribution in [2.24, 2.45) is 10.9 Å². The Kier molecular flexibility index (Phi) is 2.73. The van der Waals surface area contributed by atoms with E-state index in [1.54, 1.807) is 15.5 Å². The summed E-state index contributed by atoms with van der Waals surface area (Å²) in [5.41, 5.74) is 3.32. The molecule has 9 heteroatoms. The van der Waals surface area contributed by atoms with Gasteiger partial charge in [-0.3, -0.25) is 4.42 Å². The number of rotatable bonds is 2. The first-order valence-corrected chi connectivity index (χ1v) is 9.09. The van der Waals surface area contributed by atoms with Crippen molar-refractivity contribution in [3.63, 3.8) is 0 Å². The molecule has 1 aliphatic carbocycles. The van der Waals surface area contributed by atoms with Crippen LogP contribution in [-0.2, 0) is 0 Å². The van der Waals surface area contributed by atoms with Crippen molar-refractivity contribution in [3.05, 3.63) is 53.7 Å². The summed E-state index contributed by atoms with van der Waals surface area (Å²) in [6.07, 6.45) is 6.78. The number of benzene rings is 1. The van der Waals surface area contributed by atoms with Crippen LogP contribution in [0.5, 0.6) is 0 Å². The summed E-state index contributed by atoms with van der Waals surface area (Å²) >= 11 is 6.30. The van der Waals surface area contributed by atoms with E-state index in [2.05, 4.69) is 39.3 Å². The Morgan fingerprint density at radius 1 is 1.23 bits per heavy atom. The molecule has 3 aliphatic heterocycles.